The zero-order valence-electron chi connectivity index (χ0n) is 11.3. The largest absolute Gasteiger partial charge is 0.478 e. The molecule has 0 heterocycles. The SMILES string of the molecule is CC(C(=O)N(C)c1ccc(N)cc1C(=O)O)S(C)(=O)=O. The quantitative estimate of drug-likeness (QED) is 0.775. The molecule has 0 aliphatic rings. The van der Waals surface area contributed by atoms with E-state index in [1.807, 2.05) is 0 Å². The van der Waals surface area contributed by atoms with E-state index in [9.17, 15) is 18.0 Å². The van der Waals surface area contributed by atoms with Gasteiger partial charge in [-0.25, -0.2) is 13.2 Å². The summed E-state index contributed by atoms with van der Waals surface area (Å²) in [6.45, 7) is 1.26. The lowest BCUT2D eigenvalue weighted by Crippen LogP contribution is -2.39. The highest BCUT2D eigenvalue weighted by Gasteiger charge is 2.29. The molecule has 0 aliphatic carbocycles. The summed E-state index contributed by atoms with van der Waals surface area (Å²) in [5, 5.41) is 7.85. The third kappa shape index (κ3) is 3.27. The van der Waals surface area contributed by atoms with Gasteiger partial charge < -0.3 is 15.7 Å². The minimum Gasteiger partial charge on any atom is -0.478 e. The monoisotopic (exact) mass is 300 g/mol. The molecular weight excluding hydrogens is 284 g/mol. The van der Waals surface area contributed by atoms with Gasteiger partial charge in [-0.2, -0.15) is 0 Å². The van der Waals surface area contributed by atoms with Gasteiger partial charge in [0, 0.05) is 19.0 Å². The fraction of sp³-hybridized carbons (Fsp3) is 0.333. The summed E-state index contributed by atoms with van der Waals surface area (Å²) in [7, 11) is -2.24. The molecule has 1 amide bonds. The van der Waals surface area contributed by atoms with Crippen molar-refractivity contribution in [3.63, 3.8) is 0 Å². The van der Waals surface area contributed by atoms with Crippen LogP contribution in [0.4, 0.5) is 11.4 Å². The average Bonchev–Trinajstić information content (AvgIpc) is 2.34. The molecule has 1 aromatic rings. The number of sulfone groups is 1. The Balaban J connectivity index is 3.25. The molecule has 0 spiro atoms. The number of hydrogen-bond acceptors (Lipinski definition) is 5. The van der Waals surface area contributed by atoms with Crippen LogP contribution in [-0.2, 0) is 14.6 Å². The number of carbonyl (C=O) groups excluding carboxylic acids is 1. The summed E-state index contributed by atoms with van der Waals surface area (Å²) in [4.78, 5) is 24.2. The van der Waals surface area contributed by atoms with Gasteiger partial charge >= 0.3 is 5.97 Å². The standard InChI is InChI=1S/C12H16N2O5S/c1-7(20(3,18)19)11(15)14(2)10-5-4-8(13)6-9(10)12(16)17/h4-7H,13H2,1-3H3,(H,16,17). The van der Waals surface area contributed by atoms with Gasteiger partial charge in [0.2, 0.25) is 5.91 Å². The Morgan fingerprint density at radius 3 is 2.35 bits per heavy atom. The highest BCUT2D eigenvalue weighted by atomic mass is 32.2. The smallest absolute Gasteiger partial charge is 0.337 e. The molecule has 7 nitrogen and oxygen atoms in total. The molecule has 0 bridgehead atoms. The van der Waals surface area contributed by atoms with E-state index in [2.05, 4.69) is 0 Å². The zero-order valence-corrected chi connectivity index (χ0v) is 12.1. The molecule has 0 fully saturated rings. The summed E-state index contributed by atoms with van der Waals surface area (Å²) in [5.74, 6) is -1.96. The molecular formula is C12H16N2O5S. The number of nitrogens with two attached hydrogens (primary N) is 1. The van der Waals surface area contributed by atoms with Crippen LogP contribution in [0, 0.1) is 0 Å². The van der Waals surface area contributed by atoms with E-state index >= 15 is 0 Å². The molecule has 1 atom stereocenters. The number of nitrogens with zero attached hydrogens (tertiary/aromatic N) is 1. The van der Waals surface area contributed by atoms with Crippen molar-refractivity contribution in [1.29, 1.82) is 0 Å². The van der Waals surface area contributed by atoms with Crippen LogP contribution in [0.3, 0.4) is 0 Å². The first-order chi connectivity index (χ1) is 9.05. The van der Waals surface area contributed by atoms with Crippen molar-refractivity contribution in [1.82, 2.24) is 0 Å². The van der Waals surface area contributed by atoms with E-state index in [-0.39, 0.29) is 16.9 Å². The maximum Gasteiger partial charge on any atom is 0.337 e. The van der Waals surface area contributed by atoms with Crippen molar-refractivity contribution < 1.29 is 23.1 Å². The molecule has 8 heteroatoms. The van der Waals surface area contributed by atoms with Crippen LogP contribution in [0.5, 0.6) is 0 Å². The number of rotatable bonds is 4. The first kappa shape index (κ1) is 16.0. The minimum absolute atomic E-state index is 0.0900. The van der Waals surface area contributed by atoms with E-state index in [4.69, 9.17) is 10.8 Å². The number of amides is 1. The second kappa shape index (κ2) is 5.49. The molecule has 1 aromatic carbocycles. The summed E-state index contributed by atoms with van der Waals surface area (Å²) in [6, 6.07) is 4.02. The van der Waals surface area contributed by atoms with Gasteiger partial charge in [0.1, 0.15) is 5.25 Å². The van der Waals surface area contributed by atoms with Crippen LogP contribution in [0.25, 0.3) is 0 Å². The van der Waals surface area contributed by atoms with Crippen molar-refractivity contribution in [2.45, 2.75) is 12.2 Å². The predicted octanol–water partition coefficient (Wildman–Crippen LogP) is 0.363. The number of carbonyl (C=O) groups is 2. The third-order valence-corrected chi connectivity index (χ3v) is 4.42. The lowest BCUT2D eigenvalue weighted by molar-refractivity contribution is -0.117. The van der Waals surface area contributed by atoms with E-state index in [0.29, 0.717) is 0 Å². The van der Waals surface area contributed by atoms with Crippen molar-refractivity contribution >= 4 is 33.1 Å². The first-order valence-electron chi connectivity index (χ1n) is 5.65. The maximum absolute atomic E-state index is 12.1. The van der Waals surface area contributed by atoms with Gasteiger partial charge in [-0.15, -0.1) is 0 Å². The van der Waals surface area contributed by atoms with E-state index in [1.54, 1.807) is 0 Å². The Labute approximate surface area is 116 Å². The number of carboxylic acid groups (broad SMARTS) is 1. The summed E-state index contributed by atoms with van der Waals surface area (Å²) < 4.78 is 22.8. The molecule has 0 radical (unpaired) electrons. The number of anilines is 2. The summed E-state index contributed by atoms with van der Waals surface area (Å²) in [6.07, 6.45) is 0.949. The van der Waals surface area contributed by atoms with E-state index in [0.717, 1.165) is 11.2 Å². The highest BCUT2D eigenvalue weighted by molar-refractivity contribution is 7.92. The van der Waals surface area contributed by atoms with E-state index in [1.165, 1.54) is 32.2 Å². The molecule has 1 unspecified atom stereocenters. The molecule has 0 saturated carbocycles. The Morgan fingerprint density at radius 1 is 1.35 bits per heavy atom. The Kier molecular flexibility index (Phi) is 4.39. The normalized spacial score (nSPS) is 12.8. The maximum atomic E-state index is 12.1. The van der Waals surface area contributed by atoms with Crippen LogP contribution < -0.4 is 10.6 Å². The predicted molar refractivity (Wildman–Crippen MR) is 75.5 cm³/mol. The summed E-state index contributed by atoms with van der Waals surface area (Å²) in [5.41, 5.74) is 5.67. The molecule has 3 N–H and O–H groups in total. The second-order valence-electron chi connectivity index (χ2n) is 4.45. The fourth-order valence-electron chi connectivity index (χ4n) is 1.59. The topological polar surface area (TPSA) is 118 Å². The second-order valence-corrected chi connectivity index (χ2v) is 6.82. The Morgan fingerprint density at radius 2 is 1.90 bits per heavy atom. The fourth-order valence-corrected chi connectivity index (χ4v) is 2.12. The average molecular weight is 300 g/mol. The van der Waals surface area contributed by atoms with Gasteiger partial charge in [0.15, 0.2) is 9.84 Å². The molecule has 0 aromatic heterocycles. The van der Waals surface area contributed by atoms with Crippen molar-refractivity contribution in [2.24, 2.45) is 0 Å². The number of hydrogen-bond donors (Lipinski definition) is 2. The van der Waals surface area contributed by atoms with Gasteiger partial charge in [-0.3, -0.25) is 4.79 Å². The lowest BCUT2D eigenvalue weighted by atomic mass is 10.1. The minimum atomic E-state index is -3.56. The van der Waals surface area contributed by atoms with Crippen LogP contribution in [-0.4, -0.2) is 44.0 Å². The van der Waals surface area contributed by atoms with Gasteiger partial charge in [0.25, 0.3) is 0 Å². The number of aromatic carboxylic acids is 1. The lowest BCUT2D eigenvalue weighted by Gasteiger charge is -2.22. The van der Waals surface area contributed by atoms with Crippen molar-refractivity contribution in [3.8, 4) is 0 Å². The first-order valence-corrected chi connectivity index (χ1v) is 7.60. The van der Waals surface area contributed by atoms with Gasteiger partial charge in [-0.1, -0.05) is 0 Å². The molecule has 110 valence electrons. The van der Waals surface area contributed by atoms with E-state index < -0.39 is 27.0 Å². The Hall–Kier alpha value is -2.09. The molecule has 1 rings (SSSR count). The molecule has 20 heavy (non-hydrogen) atoms. The molecule has 0 aliphatic heterocycles. The van der Waals surface area contributed by atoms with Crippen LogP contribution >= 0.6 is 0 Å². The Bertz CT molecular complexity index is 654. The van der Waals surface area contributed by atoms with Crippen molar-refractivity contribution in [2.75, 3.05) is 23.9 Å². The number of nitrogen functional groups attached to an aromatic ring is 1. The van der Waals surface area contributed by atoms with Crippen LogP contribution in [0.15, 0.2) is 18.2 Å². The highest BCUT2D eigenvalue weighted by Crippen LogP contribution is 2.23. The third-order valence-electron chi connectivity index (χ3n) is 2.93. The zero-order chi connectivity index (χ0) is 15.7. The number of benzene rings is 1. The molecule has 0 saturated heterocycles. The van der Waals surface area contributed by atoms with Crippen LogP contribution in [0.1, 0.15) is 17.3 Å². The van der Waals surface area contributed by atoms with Gasteiger partial charge in [0.05, 0.1) is 11.3 Å². The summed E-state index contributed by atoms with van der Waals surface area (Å²) >= 11 is 0. The van der Waals surface area contributed by atoms with Crippen LogP contribution in [0.2, 0.25) is 0 Å². The van der Waals surface area contributed by atoms with Crippen molar-refractivity contribution in [3.05, 3.63) is 23.8 Å². The van der Waals surface area contributed by atoms with Gasteiger partial charge in [-0.05, 0) is 25.1 Å². The number of carboxylic acids is 1.